The molecule has 0 spiro atoms. The van der Waals surface area contributed by atoms with Gasteiger partial charge in [-0.05, 0) is 44.9 Å². The third-order valence-electron chi connectivity index (χ3n) is 5.86. The van der Waals surface area contributed by atoms with Crippen molar-refractivity contribution < 1.29 is 18.5 Å². The van der Waals surface area contributed by atoms with E-state index in [1.54, 1.807) is 6.07 Å². The molecule has 130 valence electrons. The summed E-state index contributed by atoms with van der Waals surface area (Å²) in [7, 11) is -1.39. The van der Waals surface area contributed by atoms with Gasteiger partial charge in [0, 0.05) is 6.26 Å². The monoisotopic (exact) mass is 358 g/mol. The number of amides is 2. The molecule has 0 aliphatic carbocycles. The molecular formula is C18H18N2O4S. The van der Waals surface area contributed by atoms with E-state index in [4.69, 9.17) is 10.00 Å². The summed E-state index contributed by atoms with van der Waals surface area (Å²) in [6.07, 6.45) is 2.99. The number of nitrogens with zero attached hydrogens (tertiary/aromatic N) is 2. The molecule has 6 nitrogen and oxygen atoms in total. The molecule has 3 fully saturated rings. The second-order valence-electron chi connectivity index (χ2n) is 7.44. The summed E-state index contributed by atoms with van der Waals surface area (Å²) in [5, 5.41) is 9.16. The zero-order valence-electron chi connectivity index (χ0n) is 14.2. The summed E-state index contributed by atoms with van der Waals surface area (Å²) in [6, 6.07) is 6.58. The molecule has 3 unspecified atom stereocenters. The molecule has 3 aliphatic heterocycles. The largest absolute Gasteiger partial charge is 0.367 e. The molecule has 25 heavy (non-hydrogen) atoms. The van der Waals surface area contributed by atoms with Crippen LogP contribution < -0.4 is 4.90 Å². The minimum Gasteiger partial charge on any atom is -0.367 e. The predicted molar refractivity (Wildman–Crippen MR) is 90.1 cm³/mol. The summed E-state index contributed by atoms with van der Waals surface area (Å²) in [6.45, 7) is 3.81. The number of rotatable bonds is 2. The highest BCUT2D eigenvalue weighted by Gasteiger charge is 2.72. The van der Waals surface area contributed by atoms with Crippen LogP contribution in [0.1, 0.15) is 32.3 Å². The van der Waals surface area contributed by atoms with Crippen molar-refractivity contribution in [2.24, 2.45) is 11.8 Å². The van der Waals surface area contributed by atoms with E-state index in [9.17, 15) is 13.8 Å². The third kappa shape index (κ3) is 2.01. The number of imide groups is 1. The molecule has 0 saturated carbocycles. The number of hydrogen-bond donors (Lipinski definition) is 0. The Balaban J connectivity index is 1.80. The van der Waals surface area contributed by atoms with Crippen LogP contribution in [0.2, 0.25) is 0 Å². The fraction of sp³-hybridized carbons (Fsp3) is 0.500. The van der Waals surface area contributed by atoms with Gasteiger partial charge in [-0.25, -0.2) is 4.90 Å². The Morgan fingerprint density at radius 2 is 1.76 bits per heavy atom. The summed E-state index contributed by atoms with van der Waals surface area (Å²) in [5.74, 6) is -1.49. The topological polar surface area (TPSA) is 87.5 Å². The van der Waals surface area contributed by atoms with Gasteiger partial charge in [0.05, 0.1) is 50.0 Å². The van der Waals surface area contributed by atoms with Crippen molar-refractivity contribution >= 4 is 28.3 Å². The maximum Gasteiger partial charge on any atom is 0.240 e. The Morgan fingerprint density at radius 1 is 1.20 bits per heavy atom. The highest BCUT2D eigenvalue weighted by atomic mass is 32.2. The molecule has 3 saturated heterocycles. The fourth-order valence-corrected chi connectivity index (χ4v) is 5.41. The Morgan fingerprint density at radius 3 is 2.24 bits per heavy atom. The first-order valence-electron chi connectivity index (χ1n) is 8.17. The highest BCUT2D eigenvalue weighted by molar-refractivity contribution is 7.84. The zero-order chi connectivity index (χ0) is 18.1. The maximum atomic E-state index is 13.1. The molecule has 7 heteroatoms. The first kappa shape index (κ1) is 16.4. The number of benzene rings is 1. The van der Waals surface area contributed by atoms with Gasteiger partial charge < -0.3 is 4.74 Å². The number of ether oxygens (including phenoxy) is 1. The SMILES string of the molecule is CS(=O)c1cc(N2C(=O)[C@@H]3[C@H](C2=O)C2(C)CCC3(C)O2)ccc1C#N. The lowest BCUT2D eigenvalue weighted by molar-refractivity contribution is -0.129. The average Bonchev–Trinajstić information content (AvgIpc) is 3.11. The van der Waals surface area contributed by atoms with Gasteiger partial charge in [-0.2, -0.15) is 5.26 Å². The second kappa shape index (κ2) is 4.99. The van der Waals surface area contributed by atoms with Crippen molar-refractivity contribution in [2.45, 2.75) is 42.8 Å². The lowest BCUT2D eigenvalue weighted by Crippen LogP contribution is -2.40. The second-order valence-corrected chi connectivity index (χ2v) is 8.79. The fourth-order valence-electron chi connectivity index (χ4n) is 4.70. The molecule has 1 aromatic rings. The lowest BCUT2D eigenvalue weighted by atomic mass is 9.69. The van der Waals surface area contributed by atoms with E-state index in [1.165, 1.54) is 23.3 Å². The van der Waals surface area contributed by atoms with Gasteiger partial charge in [0.15, 0.2) is 0 Å². The highest BCUT2D eigenvalue weighted by Crippen LogP contribution is 2.60. The van der Waals surface area contributed by atoms with E-state index < -0.39 is 33.8 Å². The Labute approximate surface area is 148 Å². The van der Waals surface area contributed by atoms with Crippen molar-refractivity contribution in [3.8, 4) is 6.07 Å². The van der Waals surface area contributed by atoms with Crippen LogP contribution in [0, 0.1) is 23.2 Å². The number of carbonyl (C=O) groups excluding carboxylic acids is 2. The molecule has 2 amide bonds. The van der Waals surface area contributed by atoms with Crippen LogP contribution in [-0.2, 0) is 25.1 Å². The van der Waals surface area contributed by atoms with Crippen molar-refractivity contribution in [3.63, 3.8) is 0 Å². The molecular weight excluding hydrogens is 340 g/mol. The van der Waals surface area contributed by atoms with Gasteiger partial charge in [0.1, 0.15) is 6.07 Å². The summed E-state index contributed by atoms with van der Waals surface area (Å²) >= 11 is 0. The quantitative estimate of drug-likeness (QED) is 0.752. The van der Waals surface area contributed by atoms with E-state index in [2.05, 4.69) is 0 Å². The normalized spacial score (nSPS) is 37.3. The number of fused-ring (bicyclic) bond motifs is 5. The van der Waals surface area contributed by atoms with E-state index in [0.717, 1.165) is 12.8 Å². The Hall–Kier alpha value is -2.04. The summed E-state index contributed by atoms with van der Waals surface area (Å²) in [4.78, 5) is 27.6. The molecule has 2 bridgehead atoms. The maximum absolute atomic E-state index is 13.1. The lowest BCUT2D eigenvalue weighted by Gasteiger charge is -2.27. The molecule has 0 aromatic heterocycles. The van der Waals surface area contributed by atoms with Gasteiger partial charge in [-0.1, -0.05) is 0 Å². The van der Waals surface area contributed by atoms with Crippen molar-refractivity contribution in [3.05, 3.63) is 23.8 Å². The Bertz CT molecular complexity index is 858. The molecule has 0 N–H and O–H groups in total. The smallest absolute Gasteiger partial charge is 0.240 e. The van der Waals surface area contributed by atoms with Gasteiger partial charge in [0.25, 0.3) is 0 Å². The predicted octanol–water partition coefficient (Wildman–Crippen LogP) is 1.74. The third-order valence-corrected chi connectivity index (χ3v) is 6.82. The van der Waals surface area contributed by atoms with Crippen LogP contribution in [0.15, 0.2) is 23.1 Å². The van der Waals surface area contributed by atoms with E-state index >= 15 is 0 Å². The van der Waals surface area contributed by atoms with Crippen LogP contribution in [0.4, 0.5) is 5.69 Å². The van der Waals surface area contributed by atoms with Crippen molar-refractivity contribution in [1.82, 2.24) is 0 Å². The average molecular weight is 358 g/mol. The number of hydrogen-bond acceptors (Lipinski definition) is 5. The van der Waals surface area contributed by atoms with Crippen molar-refractivity contribution in [2.75, 3.05) is 11.2 Å². The molecule has 3 heterocycles. The van der Waals surface area contributed by atoms with Gasteiger partial charge >= 0.3 is 0 Å². The van der Waals surface area contributed by atoms with Crippen LogP contribution >= 0.6 is 0 Å². The van der Waals surface area contributed by atoms with Crippen LogP contribution in [-0.4, -0.2) is 33.5 Å². The standard InChI is InChI=1S/C18H18N2O4S/c1-17-6-7-18(2,24-17)14-13(17)15(21)20(16(14)22)11-5-4-10(9-19)12(8-11)25(3)23/h4-5,8,13-14H,6-7H2,1-3H3/t13-,14+,17?,18?,25?. The Kier molecular flexibility index (Phi) is 3.28. The molecule has 4 rings (SSSR count). The molecule has 0 radical (unpaired) electrons. The number of carbonyl (C=O) groups is 2. The first-order chi connectivity index (χ1) is 11.7. The number of nitriles is 1. The van der Waals surface area contributed by atoms with Crippen LogP contribution in [0.25, 0.3) is 0 Å². The van der Waals surface area contributed by atoms with Gasteiger partial charge in [0.2, 0.25) is 11.8 Å². The van der Waals surface area contributed by atoms with E-state index in [1.807, 2.05) is 19.9 Å². The van der Waals surface area contributed by atoms with Gasteiger partial charge in [-0.15, -0.1) is 0 Å². The molecule has 5 atom stereocenters. The molecule has 3 aliphatic rings. The molecule has 1 aromatic carbocycles. The zero-order valence-corrected chi connectivity index (χ0v) is 15.1. The van der Waals surface area contributed by atoms with Gasteiger partial charge in [-0.3, -0.25) is 13.8 Å². The van der Waals surface area contributed by atoms with Crippen LogP contribution in [0.5, 0.6) is 0 Å². The minimum atomic E-state index is -1.39. The summed E-state index contributed by atoms with van der Waals surface area (Å²) < 4.78 is 18.0. The van der Waals surface area contributed by atoms with Crippen molar-refractivity contribution in [1.29, 1.82) is 5.26 Å². The summed E-state index contributed by atoms with van der Waals surface area (Å²) in [5.41, 5.74) is -0.556. The van der Waals surface area contributed by atoms with E-state index in [-0.39, 0.29) is 17.4 Å². The van der Waals surface area contributed by atoms with Crippen LogP contribution in [0.3, 0.4) is 0 Å². The van der Waals surface area contributed by atoms with E-state index in [0.29, 0.717) is 10.6 Å². The first-order valence-corrected chi connectivity index (χ1v) is 9.73. The minimum absolute atomic E-state index is 0.265. The number of anilines is 1.